The van der Waals surface area contributed by atoms with Crippen LogP contribution in [-0.4, -0.2) is 18.5 Å². The van der Waals surface area contributed by atoms with E-state index in [4.69, 9.17) is 14.8 Å². The molecule has 0 aliphatic heterocycles. The van der Waals surface area contributed by atoms with Crippen LogP contribution in [0.5, 0.6) is 0 Å². The summed E-state index contributed by atoms with van der Waals surface area (Å²) in [7, 11) is -3.13. The smallest absolute Gasteiger partial charge is 0.315 e. The largest absolute Gasteiger partial charge is 0.350 e. The summed E-state index contributed by atoms with van der Waals surface area (Å²) in [5.74, 6) is 0. The third-order valence-electron chi connectivity index (χ3n) is 2.86. The Kier molecular flexibility index (Phi) is 4.78. The Morgan fingerprint density at radius 3 is 2.00 bits per heavy atom. The molecule has 15 heavy (non-hydrogen) atoms. The van der Waals surface area contributed by atoms with Crippen molar-refractivity contribution in [1.29, 1.82) is 0 Å². The molecule has 1 fully saturated rings. The highest BCUT2D eigenvalue weighted by Crippen LogP contribution is 2.62. The molecular weight excluding hydrogens is 213 g/mol. The number of hydrogen-bond donors (Lipinski definition) is 1. The van der Waals surface area contributed by atoms with E-state index < -0.39 is 12.9 Å². The Labute approximate surface area is 92.0 Å². The Morgan fingerprint density at radius 2 is 1.60 bits per heavy atom. The van der Waals surface area contributed by atoms with Gasteiger partial charge in [-0.3, -0.25) is 4.57 Å². The van der Waals surface area contributed by atoms with Gasteiger partial charge in [0.2, 0.25) is 0 Å². The molecule has 5 heteroatoms. The predicted molar refractivity (Wildman–Crippen MR) is 60.9 cm³/mol. The molecule has 1 aliphatic rings. The van der Waals surface area contributed by atoms with Crippen molar-refractivity contribution in [2.24, 2.45) is 5.73 Å². The molecule has 0 aromatic heterocycles. The lowest BCUT2D eigenvalue weighted by molar-refractivity contribution is 0.182. The van der Waals surface area contributed by atoms with E-state index in [9.17, 15) is 4.57 Å². The van der Waals surface area contributed by atoms with Crippen LogP contribution in [0.15, 0.2) is 0 Å². The van der Waals surface area contributed by atoms with E-state index in [2.05, 4.69) is 0 Å². The zero-order valence-electron chi connectivity index (χ0n) is 9.70. The van der Waals surface area contributed by atoms with Gasteiger partial charge in [0.15, 0.2) is 0 Å². The highest BCUT2D eigenvalue weighted by molar-refractivity contribution is 7.55. The lowest BCUT2D eigenvalue weighted by Gasteiger charge is -2.38. The monoisotopic (exact) mass is 235 g/mol. The topological polar surface area (TPSA) is 61.5 Å². The first-order valence-electron chi connectivity index (χ1n) is 5.76. The van der Waals surface area contributed by atoms with Gasteiger partial charge >= 0.3 is 7.60 Å². The molecule has 0 aromatic rings. The standard InChI is InChI=1S/C10H22NO3P/c1-3-13-15(12,14-4-2)10(11)8-6-5-7-9-10/h3-9,11H2,1-2H3. The Balaban J connectivity index is 2.80. The maximum atomic E-state index is 12.5. The van der Waals surface area contributed by atoms with Crippen LogP contribution >= 0.6 is 7.60 Å². The van der Waals surface area contributed by atoms with E-state index in [1.165, 1.54) is 0 Å². The van der Waals surface area contributed by atoms with Gasteiger partial charge in [-0.15, -0.1) is 0 Å². The minimum Gasteiger partial charge on any atom is -0.315 e. The summed E-state index contributed by atoms with van der Waals surface area (Å²) >= 11 is 0. The average molecular weight is 235 g/mol. The van der Waals surface area contributed by atoms with Crippen LogP contribution in [0, 0.1) is 0 Å². The molecule has 0 aromatic carbocycles. The van der Waals surface area contributed by atoms with Crippen LogP contribution in [0.3, 0.4) is 0 Å². The minimum atomic E-state index is -3.13. The van der Waals surface area contributed by atoms with E-state index in [1.54, 1.807) is 0 Å². The number of rotatable bonds is 5. The van der Waals surface area contributed by atoms with Gasteiger partial charge in [-0.1, -0.05) is 19.3 Å². The molecule has 0 bridgehead atoms. The summed E-state index contributed by atoms with van der Waals surface area (Å²) < 4.78 is 23.2. The first-order chi connectivity index (χ1) is 7.08. The van der Waals surface area contributed by atoms with Gasteiger partial charge in [-0.05, 0) is 26.7 Å². The van der Waals surface area contributed by atoms with E-state index >= 15 is 0 Å². The molecule has 1 saturated carbocycles. The van der Waals surface area contributed by atoms with Gasteiger partial charge in [0.1, 0.15) is 5.28 Å². The zero-order valence-corrected chi connectivity index (χ0v) is 10.6. The fourth-order valence-corrected chi connectivity index (χ4v) is 4.20. The first-order valence-corrected chi connectivity index (χ1v) is 7.30. The molecule has 1 aliphatic carbocycles. The minimum absolute atomic E-state index is 0.385. The molecule has 2 N–H and O–H groups in total. The summed E-state index contributed by atoms with van der Waals surface area (Å²) in [4.78, 5) is 0. The molecule has 0 saturated heterocycles. The van der Waals surface area contributed by atoms with E-state index in [-0.39, 0.29) is 0 Å². The Morgan fingerprint density at radius 1 is 1.13 bits per heavy atom. The summed E-state index contributed by atoms with van der Waals surface area (Å²) in [6.45, 7) is 4.40. The van der Waals surface area contributed by atoms with Crippen molar-refractivity contribution < 1.29 is 13.6 Å². The molecule has 0 atom stereocenters. The zero-order chi connectivity index (χ0) is 11.4. The maximum Gasteiger partial charge on any atom is 0.350 e. The molecule has 1 rings (SSSR count). The van der Waals surface area contributed by atoms with Crippen molar-refractivity contribution in [3.05, 3.63) is 0 Å². The Bertz CT molecular complexity index is 229. The summed E-state index contributed by atoms with van der Waals surface area (Å²) in [6, 6.07) is 0. The SMILES string of the molecule is CCOP(=O)(OCC)C1(N)CCCCC1. The fourth-order valence-electron chi connectivity index (χ4n) is 2.07. The molecule has 4 nitrogen and oxygen atoms in total. The van der Waals surface area contributed by atoms with Crippen molar-refractivity contribution in [2.45, 2.75) is 51.2 Å². The van der Waals surface area contributed by atoms with Crippen LogP contribution in [-0.2, 0) is 13.6 Å². The van der Waals surface area contributed by atoms with E-state index in [0.717, 1.165) is 32.1 Å². The summed E-state index contributed by atoms with van der Waals surface area (Å²) in [5.41, 5.74) is 6.20. The van der Waals surface area contributed by atoms with Crippen molar-refractivity contribution >= 4 is 7.60 Å². The molecule has 0 spiro atoms. The van der Waals surface area contributed by atoms with Crippen LogP contribution < -0.4 is 5.73 Å². The van der Waals surface area contributed by atoms with Crippen LogP contribution in [0.25, 0.3) is 0 Å². The van der Waals surface area contributed by atoms with Gasteiger partial charge in [0.25, 0.3) is 0 Å². The second-order valence-corrected chi connectivity index (χ2v) is 6.40. The van der Waals surface area contributed by atoms with Crippen molar-refractivity contribution in [1.82, 2.24) is 0 Å². The third-order valence-corrected chi connectivity index (χ3v) is 5.60. The molecular formula is C10H22NO3P. The number of hydrogen-bond acceptors (Lipinski definition) is 4. The summed E-state index contributed by atoms with van der Waals surface area (Å²) in [6.07, 6.45) is 4.67. The van der Waals surface area contributed by atoms with Gasteiger partial charge < -0.3 is 14.8 Å². The predicted octanol–water partition coefficient (Wildman–Crippen LogP) is 2.87. The van der Waals surface area contributed by atoms with Gasteiger partial charge in [-0.25, -0.2) is 0 Å². The third kappa shape index (κ3) is 2.82. The van der Waals surface area contributed by atoms with Crippen molar-refractivity contribution in [2.75, 3.05) is 13.2 Å². The fraction of sp³-hybridized carbons (Fsp3) is 1.00. The van der Waals surface area contributed by atoms with Crippen LogP contribution in [0.2, 0.25) is 0 Å². The molecule has 0 heterocycles. The van der Waals surface area contributed by atoms with Crippen molar-refractivity contribution in [3.8, 4) is 0 Å². The molecule has 0 unspecified atom stereocenters. The van der Waals surface area contributed by atoms with E-state index in [1.807, 2.05) is 13.8 Å². The molecule has 90 valence electrons. The Hall–Kier alpha value is 0.110. The first kappa shape index (κ1) is 13.2. The second-order valence-electron chi connectivity index (χ2n) is 4.00. The van der Waals surface area contributed by atoms with Crippen LogP contribution in [0.1, 0.15) is 46.0 Å². The second kappa shape index (κ2) is 5.44. The van der Waals surface area contributed by atoms with Crippen LogP contribution in [0.4, 0.5) is 0 Å². The van der Waals surface area contributed by atoms with Gasteiger partial charge in [0, 0.05) is 0 Å². The van der Waals surface area contributed by atoms with E-state index in [0.29, 0.717) is 13.2 Å². The number of nitrogens with two attached hydrogens (primary N) is 1. The van der Waals surface area contributed by atoms with Crippen molar-refractivity contribution in [3.63, 3.8) is 0 Å². The highest BCUT2D eigenvalue weighted by atomic mass is 31.2. The lowest BCUT2D eigenvalue weighted by atomic mass is 9.96. The quantitative estimate of drug-likeness (QED) is 0.744. The normalized spacial score (nSPS) is 21.5. The maximum absolute atomic E-state index is 12.5. The molecule has 0 radical (unpaired) electrons. The van der Waals surface area contributed by atoms with Gasteiger partial charge in [-0.2, -0.15) is 0 Å². The molecule has 0 amide bonds. The lowest BCUT2D eigenvalue weighted by Crippen LogP contribution is -2.42. The average Bonchev–Trinajstić information content (AvgIpc) is 2.19. The van der Waals surface area contributed by atoms with Gasteiger partial charge in [0.05, 0.1) is 13.2 Å². The highest BCUT2D eigenvalue weighted by Gasteiger charge is 2.48. The summed E-state index contributed by atoms with van der Waals surface area (Å²) in [5, 5.41) is -0.753.